The van der Waals surface area contributed by atoms with Crippen LogP contribution in [0.1, 0.15) is 6.92 Å². The molecule has 0 aromatic rings. The van der Waals surface area contributed by atoms with Crippen LogP contribution >= 0.6 is 0 Å². The third kappa shape index (κ3) is 4.66. The Balaban J connectivity index is 3.45. The second kappa shape index (κ2) is 5.01. The van der Waals surface area contributed by atoms with E-state index in [1.165, 1.54) is 14.0 Å². The number of esters is 1. The number of rotatable bonds is 4. The molecule has 11 heavy (non-hydrogen) atoms. The molecule has 1 atom stereocenters. The molecule has 0 aliphatic carbocycles. The molecule has 0 heterocycles. The summed E-state index contributed by atoms with van der Waals surface area (Å²) in [5, 5.41) is 2.31. The highest BCUT2D eigenvalue weighted by Gasteiger charge is 2.14. The number of halogens is 2. The largest absolute Gasteiger partial charge is 0.468 e. The molecule has 0 aliphatic heterocycles. The first-order chi connectivity index (χ1) is 5.07. The highest BCUT2D eigenvalue weighted by molar-refractivity contribution is 5.71. The van der Waals surface area contributed by atoms with E-state index in [2.05, 4.69) is 10.1 Å². The summed E-state index contributed by atoms with van der Waals surface area (Å²) in [5.74, 6) is -0.544. The summed E-state index contributed by atoms with van der Waals surface area (Å²) < 4.78 is 27.8. The molecule has 0 aliphatic rings. The van der Waals surface area contributed by atoms with Crippen molar-refractivity contribution in [1.82, 2.24) is 5.32 Å². The van der Waals surface area contributed by atoms with Gasteiger partial charge in [-0.25, -0.2) is 8.78 Å². The molecule has 0 saturated carbocycles. The van der Waals surface area contributed by atoms with Gasteiger partial charge in [-0.2, -0.15) is 0 Å². The maximum atomic E-state index is 11.8. The van der Waals surface area contributed by atoms with E-state index >= 15 is 0 Å². The molecule has 0 amide bonds. The first-order valence-corrected chi connectivity index (χ1v) is 3.16. The summed E-state index contributed by atoms with van der Waals surface area (Å²) in [6, 6.07) is -0.978. The van der Waals surface area contributed by atoms with Gasteiger partial charge in [0.1, 0.15) is 0 Å². The molecule has 0 aromatic heterocycles. The molecule has 1 unspecified atom stereocenters. The van der Waals surface area contributed by atoms with Gasteiger partial charge in [-0.05, 0) is 6.92 Å². The Labute approximate surface area is 63.7 Å². The number of methoxy groups -OCH3 is 1. The van der Waals surface area contributed by atoms with E-state index < -0.39 is 18.4 Å². The number of nitrogens with one attached hydrogen (secondary N) is 1. The van der Waals surface area contributed by atoms with E-state index in [1.807, 2.05) is 0 Å². The van der Waals surface area contributed by atoms with Gasteiger partial charge in [0.15, 0.2) is 0 Å². The Hall–Kier alpha value is -0.710. The lowest BCUT2D eigenvalue weighted by molar-refractivity contribution is -0.139. The number of hydrogen-bond acceptors (Lipinski definition) is 3. The molecule has 66 valence electrons. The monoisotopic (exact) mass is 167 g/mol. The maximum absolute atomic E-state index is 11.8. The predicted octanol–water partition coefficient (Wildman–Crippen LogP) is 0.403. The SMILES string of the molecule is COC(=O)CNC(C)C(F)F. The van der Waals surface area contributed by atoms with Crippen molar-refractivity contribution >= 4 is 5.97 Å². The zero-order valence-corrected chi connectivity index (χ0v) is 6.43. The van der Waals surface area contributed by atoms with Crippen LogP contribution in [0.2, 0.25) is 0 Å². The van der Waals surface area contributed by atoms with E-state index in [-0.39, 0.29) is 6.54 Å². The molecular weight excluding hydrogens is 156 g/mol. The van der Waals surface area contributed by atoms with Crippen LogP contribution in [0.15, 0.2) is 0 Å². The fourth-order valence-corrected chi connectivity index (χ4v) is 0.406. The Morgan fingerprint density at radius 1 is 1.64 bits per heavy atom. The van der Waals surface area contributed by atoms with Gasteiger partial charge in [0.2, 0.25) is 0 Å². The zero-order chi connectivity index (χ0) is 8.85. The zero-order valence-electron chi connectivity index (χ0n) is 6.43. The molecule has 0 aromatic carbocycles. The molecular formula is C6H11F2NO2. The molecule has 0 bridgehead atoms. The van der Waals surface area contributed by atoms with Crippen LogP contribution in [0.3, 0.4) is 0 Å². The van der Waals surface area contributed by atoms with Crippen molar-refractivity contribution in [3.63, 3.8) is 0 Å². The van der Waals surface area contributed by atoms with E-state index in [9.17, 15) is 13.6 Å². The van der Waals surface area contributed by atoms with Crippen molar-refractivity contribution in [3.05, 3.63) is 0 Å². The standard InChI is InChI=1S/C6H11F2NO2/c1-4(6(7)8)9-3-5(10)11-2/h4,6,9H,3H2,1-2H3. The van der Waals surface area contributed by atoms with E-state index in [0.717, 1.165) is 0 Å². The van der Waals surface area contributed by atoms with Gasteiger partial charge in [-0.1, -0.05) is 0 Å². The average molecular weight is 167 g/mol. The van der Waals surface area contributed by atoms with Crippen LogP contribution in [-0.2, 0) is 9.53 Å². The highest BCUT2D eigenvalue weighted by Crippen LogP contribution is 1.98. The van der Waals surface area contributed by atoms with Crippen molar-refractivity contribution in [1.29, 1.82) is 0 Å². The van der Waals surface area contributed by atoms with Crippen LogP contribution in [0.25, 0.3) is 0 Å². The van der Waals surface area contributed by atoms with Gasteiger partial charge in [0, 0.05) is 0 Å². The van der Waals surface area contributed by atoms with Gasteiger partial charge in [-0.3, -0.25) is 10.1 Å². The summed E-state index contributed by atoms with van der Waals surface area (Å²) in [5.41, 5.74) is 0. The van der Waals surface area contributed by atoms with Crippen molar-refractivity contribution in [3.8, 4) is 0 Å². The fraction of sp³-hybridized carbons (Fsp3) is 0.833. The average Bonchev–Trinajstić information content (AvgIpc) is 1.99. The number of ether oxygens (including phenoxy) is 1. The molecule has 5 heteroatoms. The molecule has 0 rings (SSSR count). The molecule has 0 radical (unpaired) electrons. The number of carbonyl (C=O) groups is 1. The van der Waals surface area contributed by atoms with Crippen LogP contribution in [-0.4, -0.2) is 32.1 Å². The van der Waals surface area contributed by atoms with Crippen LogP contribution in [0.5, 0.6) is 0 Å². The molecule has 3 nitrogen and oxygen atoms in total. The summed E-state index contributed by atoms with van der Waals surface area (Å²) in [6.45, 7) is 1.12. The lowest BCUT2D eigenvalue weighted by Gasteiger charge is -2.10. The van der Waals surface area contributed by atoms with Gasteiger partial charge in [0.25, 0.3) is 6.43 Å². The van der Waals surface area contributed by atoms with Gasteiger partial charge in [0.05, 0.1) is 19.7 Å². The smallest absolute Gasteiger partial charge is 0.319 e. The van der Waals surface area contributed by atoms with Crippen LogP contribution in [0.4, 0.5) is 8.78 Å². The topological polar surface area (TPSA) is 38.3 Å². The first-order valence-electron chi connectivity index (χ1n) is 3.16. The van der Waals surface area contributed by atoms with E-state index in [4.69, 9.17) is 0 Å². The van der Waals surface area contributed by atoms with Crippen LogP contribution in [0, 0.1) is 0 Å². The Kier molecular flexibility index (Phi) is 4.69. The summed E-state index contributed by atoms with van der Waals surface area (Å²) >= 11 is 0. The minimum absolute atomic E-state index is 0.179. The first kappa shape index (κ1) is 10.3. The van der Waals surface area contributed by atoms with Crippen molar-refractivity contribution < 1.29 is 18.3 Å². The van der Waals surface area contributed by atoms with Gasteiger partial charge < -0.3 is 4.74 Å². The molecule has 0 fully saturated rings. The lowest BCUT2D eigenvalue weighted by Crippen LogP contribution is -2.36. The van der Waals surface area contributed by atoms with Crippen molar-refractivity contribution in [2.75, 3.05) is 13.7 Å². The van der Waals surface area contributed by atoms with Crippen molar-refractivity contribution in [2.45, 2.75) is 19.4 Å². The third-order valence-electron chi connectivity index (χ3n) is 1.17. The summed E-state index contributed by atoms with van der Waals surface area (Å²) in [7, 11) is 1.21. The third-order valence-corrected chi connectivity index (χ3v) is 1.17. The summed E-state index contributed by atoms with van der Waals surface area (Å²) in [4.78, 5) is 10.4. The van der Waals surface area contributed by atoms with E-state index in [1.54, 1.807) is 0 Å². The Morgan fingerprint density at radius 3 is 2.55 bits per heavy atom. The minimum Gasteiger partial charge on any atom is -0.468 e. The van der Waals surface area contributed by atoms with E-state index in [0.29, 0.717) is 0 Å². The second-order valence-corrected chi connectivity index (χ2v) is 2.08. The number of alkyl halides is 2. The molecule has 0 saturated heterocycles. The second-order valence-electron chi connectivity index (χ2n) is 2.08. The lowest BCUT2D eigenvalue weighted by atomic mass is 10.3. The Morgan fingerprint density at radius 2 is 2.18 bits per heavy atom. The summed E-state index contributed by atoms with van der Waals surface area (Å²) in [6.07, 6.45) is -2.46. The predicted molar refractivity (Wildman–Crippen MR) is 35.5 cm³/mol. The van der Waals surface area contributed by atoms with Crippen LogP contribution < -0.4 is 5.32 Å². The molecule has 0 spiro atoms. The fourth-order valence-electron chi connectivity index (χ4n) is 0.406. The number of carbonyl (C=O) groups excluding carboxylic acids is 1. The minimum atomic E-state index is -2.46. The number of hydrogen-bond donors (Lipinski definition) is 1. The maximum Gasteiger partial charge on any atom is 0.319 e. The van der Waals surface area contributed by atoms with Crippen molar-refractivity contribution in [2.24, 2.45) is 0 Å². The quantitative estimate of drug-likeness (QED) is 0.616. The highest BCUT2D eigenvalue weighted by atomic mass is 19.3. The molecule has 1 N–H and O–H groups in total. The van der Waals surface area contributed by atoms with Gasteiger partial charge >= 0.3 is 5.97 Å². The Bertz CT molecular complexity index is 130. The normalized spacial score (nSPS) is 13.2. The van der Waals surface area contributed by atoms with Gasteiger partial charge in [-0.15, -0.1) is 0 Å².